The lowest BCUT2D eigenvalue weighted by Crippen LogP contribution is -2.00. The Morgan fingerprint density at radius 1 is 1.44 bits per heavy atom. The molecule has 0 radical (unpaired) electrons. The van der Waals surface area contributed by atoms with Gasteiger partial charge in [-0.05, 0) is 17.7 Å². The van der Waals surface area contributed by atoms with E-state index in [1.54, 1.807) is 13.2 Å². The van der Waals surface area contributed by atoms with Gasteiger partial charge in [0.1, 0.15) is 11.3 Å². The average Bonchev–Trinajstić information content (AvgIpc) is 2.28. The zero-order chi connectivity index (χ0) is 11.5. The average molecular weight is 214 g/mol. The topological polar surface area (TPSA) is 39.4 Å². The summed E-state index contributed by atoms with van der Waals surface area (Å²) in [5, 5.41) is 0.846. The maximum atomic E-state index is 11.3. The predicted molar refractivity (Wildman–Crippen MR) is 61.6 cm³/mol. The molecule has 1 aromatic heterocycles. The van der Waals surface area contributed by atoms with Crippen molar-refractivity contribution in [1.82, 2.24) is 0 Å². The quantitative estimate of drug-likeness (QED) is 0.566. The standard InChI is InChI=1S/C13H10O3/c1-3-4-9-7-13(14)16-12-8-10(15-2)5-6-11(9)12/h1,5-8H,4H2,2H3. The van der Waals surface area contributed by atoms with Gasteiger partial charge in [-0.2, -0.15) is 0 Å². The molecular formula is C13H10O3. The molecule has 0 unspecified atom stereocenters. The first-order chi connectivity index (χ1) is 7.74. The van der Waals surface area contributed by atoms with E-state index in [-0.39, 0.29) is 0 Å². The number of methoxy groups -OCH3 is 1. The third-order valence-corrected chi connectivity index (χ3v) is 2.33. The molecule has 3 heteroatoms. The molecule has 0 aliphatic rings. The zero-order valence-corrected chi connectivity index (χ0v) is 8.82. The fourth-order valence-electron chi connectivity index (χ4n) is 1.59. The van der Waals surface area contributed by atoms with E-state index in [9.17, 15) is 4.79 Å². The van der Waals surface area contributed by atoms with E-state index in [0.717, 1.165) is 10.9 Å². The van der Waals surface area contributed by atoms with Crippen LogP contribution in [-0.2, 0) is 6.42 Å². The van der Waals surface area contributed by atoms with Crippen LogP contribution in [0.25, 0.3) is 11.0 Å². The monoisotopic (exact) mass is 214 g/mol. The van der Waals surface area contributed by atoms with Gasteiger partial charge in [0, 0.05) is 23.9 Å². The Balaban J connectivity index is 2.74. The summed E-state index contributed by atoms with van der Waals surface area (Å²) in [4.78, 5) is 11.3. The summed E-state index contributed by atoms with van der Waals surface area (Å²) >= 11 is 0. The van der Waals surface area contributed by atoms with Crippen LogP contribution in [0.4, 0.5) is 0 Å². The van der Waals surface area contributed by atoms with Crippen LogP contribution < -0.4 is 10.4 Å². The number of hydrogen-bond acceptors (Lipinski definition) is 3. The van der Waals surface area contributed by atoms with Crippen LogP contribution in [0.15, 0.2) is 33.5 Å². The van der Waals surface area contributed by atoms with Crippen LogP contribution >= 0.6 is 0 Å². The van der Waals surface area contributed by atoms with E-state index < -0.39 is 5.63 Å². The number of rotatable bonds is 2. The predicted octanol–water partition coefficient (Wildman–Crippen LogP) is 1.98. The minimum atomic E-state index is -0.397. The molecule has 0 aliphatic heterocycles. The fraction of sp³-hybridized carbons (Fsp3) is 0.154. The van der Waals surface area contributed by atoms with E-state index in [1.165, 1.54) is 6.07 Å². The fourth-order valence-corrected chi connectivity index (χ4v) is 1.59. The summed E-state index contributed by atoms with van der Waals surface area (Å²) in [5.41, 5.74) is 0.902. The van der Waals surface area contributed by atoms with Crippen molar-refractivity contribution in [3.05, 3.63) is 40.2 Å². The second-order valence-corrected chi connectivity index (χ2v) is 3.33. The summed E-state index contributed by atoms with van der Waals surface area (Å²) in [6, 6.07) is 6.75. The van der Waals surface area contributed by atoms with Crippen molar-refractivity contribution in [3.63, 3.8) is 0 Å². The molecule has 0 amide bonds. The first-order valence-corrected chi connectivity index (χ1v) is 4.79. The van der Waals surface area contributed by atoms with Crippen LogP contribution in [0.1, 0.15) is 5.56 Å². The summed E-state index contributed by atoms with van der Waals surface area (Å²) in [6.07, 6.45) is 5.66. The summed E-state index contributed by atoms with van der Waals surface area (Å²) < 4.78 is 10.1. The van der Waals surface area contributed by atoms with Crippen molar-refractivity contribution in [2.45, 2.75) is 6.42 Å². The summed E-state index contributed by atoms with van der Waals surface area (Å²) in [6.45, 7) is 0. The van der Waals surface area contributed by atoms with Crippen LogP contribution in [0, 0.1) is 12.3 Å². The lowest BCUT2D eigenvalue weighted by molar-refractivity contribution is 0.414. The van der Waals surface area contributed by atoms with E-state index >= 15 is 0 Å². The first-order valence-electron chi connectivity index (χ1n) is 4.79. The summed E-state index contributed by atoms with van der Waals surface area (Å²) in [5.74, 6) is 3.17. The Hall–Kier alpha value is -2.21. The Morgan fingerprint density at radius 2 is 2.25 bits per heavy atom. The van der Waals surface area contributed by atoms with Gasteiger partial charge >= 0.3 is 5.63 Å². The van der Waals surface area contributed by atoms with Crippen molar-refractivity contribution in [3.8, 4) is 18.1 Å². The van der Waals surface area contributed by atoms with Gasteiger partial charge in [0.05, 0.1) is 7.11 Å². The Kier molecular flexibility index (Phi) is 2.65. The van der Waals surface area contributed by atoms with Crippen molar-refractivity contribution >= 4 is 11.0 Å². The minimum Gasteiger partial charge on any atom is -0.497 e. The SMILES string of the molecule is C#CCc1cc(=O)oc2cc(OC)ccc12. The lowest BCUT2D eigenvalue weighted by Gasteiger charge is -2.04. The van der Waals surface area contributed by atoms with Gasteiger partial charge in [-0.3, -0.25) is 0 Å². The van der Waals surface area contributed by atoms with Crippen LogP contribution in [0.5, 0.6) is 5.75 Å². The smallest absolute Gasteiger partial charge is 0.336 e. The molecule has 16 heavy (non-hydrogen) atoms. The third kappa shape index (κ3) is 1.78. The van der Waals surface area contributed by atoms with E-state index in [1.807, 2.05) is 12.1 Å². The number of benzene rings is 1. The number of hydrogen-bond donors (Lipinski definition) is 0. The maximum absolute atomic E-state index is 11.3. The second kappa shape index (κ2) is 4.11. The normalized spacial score (nSPS) is 10.0. The number of ether oxygens (including phenoxy) is 1. The molecule has 1 aromatic carbocycles. The molecule has 0 aliphatic carbocycles. The van der Waals surface area contributed by atoms with E-state index in [2.05, 4.69) is 5.92 Å². The maximum Gasteiger partial charge on any atom is 0.336 e. The molecule has 0 N–H and O–H groups in total. The van der Waals surface area contributed by atoms with Gasteiger partial charge in [0.2, 0.25) is 0 Å². The van der Waals surface area contributed by atoms with Gasteiger partial charge in [-0.1, -0.05) is 0 Å². The molecule has 1 heterocycles. The van der Waals surface area contributed by atoms with Crippen molar-refractivity contribution in [1.29, 1.82) is 0 Å². The Morgan fingerprint density at radius 3 is 2.94 bits per heavy atom. The molecule has 80 valence electrons. The summed E-state index contributed by atoms with van der Waals surface area (Å²) in [7, 11) is 1.56. The molecule has 0 saturated heterocycles. The first kappa shape index (κ1) is 10.3. The van der Waals surface area contributed by atoms with Crippen LogP contribution in [-0.4, -0.2) is 7.11 Å². The lowest BCUT2D eigenvalue weighted by atomic mass is 10.1. The molecule has 0 spiro atoms. The second-order valence-electron chi connectivity index (χ2n) is 3.33. The van der Waals surface area contributed by atoms with Crippen LogP contribution in [0.2, 0.25) is 0 Å². The molecular weight excluding hydrogens is 204 g/mol. The van der Waals surface area contributed by atoms with E-state index in [4.69, 9.17) is 15.6 Å². The number of terminal acetylenes is 1. The van der Waals surface area contributed by atoms with Crippen LogP contribution in [0.3, 0.4) is 0 Å². The highest BCUT2D eigenvalue weighted by Crippen LogP contribution is 2.22. The van der Waals surface area contributed by atoms with Gasteiger partial charge < -0.3 is 9.15 Å². The molecule has 0 atom stereocenters. The zero-order valence-electron chi connectivity index (χ0n) is 8.82. The molecule has 3 nitrogen and oxygen atoms in total. The molecule has 2 aromatic rings. The Labute approximate surface area is 92.7 Å². The van der Waals surface area contributed by atoms with E-state index in [0.29, 0.717) is 17.8 Å². The molecule has 0 bridgehead atoms. The van der Waals surface area contributed by atoms with Gasteiger partial charge in [-0.15, -0.1) is 12.3 Å². The van der Waals surface area contributed by atoms with Crippen molar-refractivity contribution in [2.24, 2.45) is 0 Å². The molecule has 2 rings (SSSR count). The molecule has 0 saturated carbocycles. The van der Waals surface area contributed by atoms with Gasteiger partial charge in [0.15, 0.2) is 0 Å². The highest BCUT2D eigenvalue weighted by Gasteiger charge is 2.05. The van der Waals surface area contributed by atoms with Crippen molar-refractivity contribution < 1.29 is 9.15 Å². The van der Waals surface area contributed by atoms with Crippen molar-refractivity contribution in [2.75, 3.05) is 7.11 Å². The highest BCUT2D eigenvalue weighted by molar-refractivity contribution is 5.81. The largest absolute Gasteiger partial charge is 0.497 e. The third-order valence-electron chi connectivity index (χ3n) is 2.33. The highest BCUT2D eigenvalue weighted by atomic mass is 16.5. The molecule has 0 fully saturated rings. The Bertz CT molecular complexity index is 617. The minimum absolute atomic E-state index is 0.397. The van der Waals surface area contributed by atoms with Gasteiger partial charge in [0.25, 0.3) is 0 Å². The number of fused-ring (bicyclic) bond motifs is 1. The van der Waals surface area contributed by atoms with Gasteiger partial charge in [-0.25, -0.2) is 4.79 Å².